The molecule has 0 aromatic heterocycles. The fourth-order valence-electron chi connectivity index (χ4n) is 2.63. The Balaban J connectivity index is 2.72. The van der Waals surface area contributed by atoms with Gasteiger partial charge >= 0.3 is 5.97 Å². The van der Waals surface area contributed by atoms with Crippen molar-refractivity contribution in [1.82, 2.24) is 9.80 Å². The van der Waals surface area contributed by atoms with Gasteiger partial charge in [-0.05, 0) is 45.1 Å². The number of esters is 1. The van der Waals surface area contributed by atoms with Gasteiger partial charge in [-0.2, -0.15) is 0 Å². The Kier molecular flexibility index (Phi) is 9.08. The predicted octanol–water partition coefficient (Wildman–Crippen LogP) is 2.73. The molecule has 0 spiro atoms. The molecule has 0 atom stereocenters. The first-order valence-corrected chi connectivity index (χ1v) is 8.66. The number of benzene rings is 1. The van der Waals surface area contributed by atoms with Crippen molar-refractivity contribution in [3.63, 3.8) is 0 Å². The molecule has 0 fully saturated rings. The number of amides is 1. The Morgan fingerprint density at radius 2 is 1.79 bits per heavy atom. The van der Waals surface area contributed by atoms with Gasteiger partial charge < -0.3 is 14.5 Å². The maximum Gasteiger partial charge on any atom is 0.307 e. The molecule has 134 valence electrons. The molecule has 0 unspecified atom stereocenters. The average Bonchev–Trinajstić information content (AvgIpc) is 2.60. The van der Waals surface area contributed by atoms with Crippen molar-refractivity contribution < 1.29 is 14.3 Å². The molecule has 0 saturated carbocycles. The molecule has 1 aromatic rings. The van der Waals surface area contributed by atoms with E-state index in [0.29, 0.717) is 18.7 Å². The number of nitrogens with zero attached hydrogens (tertiary/aromatic N) is 2. The van der Waals surface area contributed by atoms with Gasteiger partial charge in [0.05, 0.1) is 13.5 Å². The Morgan fingerprint density at radius 1 is 1.08 bits per heavy atom. The van der Waals surface area contributed by atoms with Crippen LogP contribution in [-0.2, 0) is 9.53 Å². The van der Waals surface area contributed by atoms with Crippen molar-refractivity contribution in [2.75, 3.05) is 39.8 Å². The zero-order valence-corrected chi connectivity index (χ0v) is 15.4. The van der Waals surface area contributed by atoms with Gasteiger partial charge in [0.1, 0.15) is 0 Å². The van der Waals surface area contributed by atoms with E-state index < -0.39 is 0 Å². The highest BCUT2D eigenvalue weighted by molar-refractivity contribution is 5.94. The summed E-state index contributed by atoms with van der Waals surface area (Å²) in [5, 5.41) is 0. The Labute approximate surface area is 145 Å². The minimum absolute atomic E-state index is 0.0258. The van der Waals surface area contributed by atoms with E-state index in [0.717, 1.165) is 31.6 Å². The van der Waals surface area contributed by atoms with E-state index in [1.165, 1.54) is 7.11 Å². The van der Waals surface area contributed by atoms with Crippen LogP contribution in [0.25, 0.3) is 0 Å². The van der Waals surface area contributed by atoms with E-state index in [-0.39, 0.29) is 18.3 Å². The van der Waals surface area contributed by atoms with Gasteiger partial charge in [-0.15, -0.1) is 0 Å². The number of carbonyl (C=O) groups is 2. The molecule has 24 heavy (non-hydrogen) atoms. The summed E-state index contributed by atoms with van der Waals surface area (Å²) in [6.45, 7) is 10.2. The highest BCUT2D eigenvalue weighted by Crippen LogP contribution is 2.10. The Bertz CT molecular complexity index is 527. The van der Waals surface area contributed by atoms with Crippen molar-refractivity contribution in [3.8, 4) is 0 Å². The lowest BCUT2D eigenvalue weighted by molar-refractivity contribution is -0.140. The van der Waals surface area contributed by atoms with Gasteiger partial charge in [0, 0.05) is 18.7 Å². The first kappa shape index (κ1) is 20.2. The number of carbonyl (C=O) groups excluding carboxylic acids is 2. The fourth-order valence-corrected chi connectivity index (χ4v) is 2.63. The van der Waals surface area contributed by atoms with Crippen LogP contribution in [0.3, 0.4) is 0 Å². The summed E-state index contributed by atoms with van der Waals surface area (Å²) >= 11 is 0. The van der Waals surface area contributed by atoms with Crippen LogP contribution in [0.15, 0.2) is 24.3 Å². The summed E-state index contributed by atoms with van der Waals surface area (Å²) in [5.41, 5.74) is 1.72. The standard InChI is InChI=1S/C19H30N2O3/c1-5-20(6-2)12-8-13-21(14-11-18(22)24-4)19(23)17-10-7-9-16(3)15-17/h7,9-10,15H,5-6,8,11-14H2,1-4H3. The lowest BCUT2D eigenvalue weighted by Crippen LogP contribution is -2.36. The van der Waals surface area contributed by atoms with Crippen LogP contribution in [0.1, 0.15) is 42.6 Å². The lowest BCUT2D eigenvalue weighted by Gasteiger charge is -2.25. The molecular formula is C19H30N2O3. The summed E-state index contributed by atoms with van der Waals surface area (Å²) < 4.78 is 4.70. The van der Waals surface area contributed by atoms with Gasteiger partial charge in [0.25, 0.3) is 5.91 Å². The smallest absolute Gasteiger partial charge is 0.307 e. The third-order valence-corrected chi connectivity index (χ3v) is 4.16. The minimum atomic E-state index is -0.291. The molecule has 1 rings (SSSR count). The van der Waals surface area contributed by atoms with E-state index in [9.17, 15) is 9.59 Å². The van der Waals surface area contributed by atoms with E-state index in [1.807, 2.05) is 31.2 Å². The monoisotopic (exact) mass is 334 g/mol. The van der Waals surface area contributed by atoms with Crippen LogP contribution < -0.4 is 0 Å². The molecule has 0 aliphatic rings. The molecule has 1 aromatic carbocycles. The number of ether oxygens (including phenoxy) is 1. The van der Waals surface area contributed by atoms with E-state index >= 15 is 0 Å². The van der Waals surface area contributed by atoms with Gasteiger partial charge in [0.15, 0.2) is 0 Å². The minimum Gasteiger partial charge on any atom is -0.469 e. The van der Waals surface area contributed by atoms with Gasteiger partial charge in [-0.3, -0.25) is 9.59 Å². The van der Waals surface area contributed by atoms with Crippen molar-refractivity contribution >= 4 is 11.9 Å². The van der Waals surface area contributed by atoms with Gasteiger partial charge in [0.2, 0.25) is 0 Å². The summed E-state index contributed by atoms with van der Waals surface area (Å²) in [4.78, 5) is 28.3. The number of aryl methyl sites for hydroxylation is 1. The third-order valence-electron chi connectivity index (χ3n) is 4.16. The number of hydrogen-bond acceptors (Lipinski definition) is 4. The predicted molar refractivity (Wildman–Crippen MR) is 96.1 cm³/mol. The van der Waals surface area contributed by atoms with Crippen molar-refractivity contribution in [2.45, 2.75) is 33.6 Å². The second-order valence-corrected chi connectivity index (χ2v) is 5.87. The normalized spacial score (nSPS) is 10.7. The fraction of sp³-hybridized carbons (Fsp3) is 0.579. The molecule has 0 bridgehead atoms. The highest BCUT2D eigenvalue weighted by atomic mass is 16.5. The summed E-state index contributed by atoms with van der Waals surface area (Å²) in [6.07, 6.45) is 1.11. The van der Waals surface area contributed by atoms with Crippen molar-refractivity contribution in [2.24, 2.45) is 0 Å². The zero-order chi connectivity index (χ0) is 17.9. The Hall–Kier alpha value is -1.88. The van der Waals surface area contributed by atoms with E-state index in [4.69, 9.17) is 4.74 Å². The molecule has 0 heterocycles. The summed E-state index contributed by atoms with van der Waals surface area (Å²) in [6, 6.07) is 7.57. The van der Waals surface area contributed by atoms with Crippen LogP contribution >= 0.6 is 0 Å². The number of hydrogen-bond donors (Lipinski definition) is 0. The second-order valence-electron chi connectivity index (χ2n) is 5.87. The van der Waals surface area contributed by atoms with Crippen molar-refractivity contribution in [1.29, 1.82) is 0 Å². The second kappa shape index (κ2) is 10.8. The molecule has 0 aliphatic heterocycles. The van der Waals surface area contributed by atoms with E-state index in [1.54, 1.807) is 4.90 Å². The van der Waals surface area contributed by atoms with E-state index in [2.05, 4.69) is 18.7 Å². The zero-order valence-electron chi connectivity index (χ0n) is 15.4. The molecule has 0 radical (unpaired) electrons. The largest absolute Gasteiger partial charge is 0.469 e. The summed E-state index contributed by atoms with van der Waals surface area (Å²) in [5.74, 6) is -0.317. The molecule has 0 saturated heterocycles. The van der Waals surface area contributed by atoms with Crippen molar-refractivity contribution in [3.05, 3.63) is 35.4 Å². The van der Waals surface area contributed by atoms with Crippen LogP contribution in [0.5, 0.6) is 0 Å². The Morgan fingerprint density at radius 3 is 2.38 bits per heavy atom. The quantitative estimate of drug-likeness (QED) is 0.617. The SMILES string of the molecule is CCN(CC)CCCN(CCC(=O)OC)C(=O)c1cccc(C)c1. The molecule has 5 heteroatoms. The number of rotatable bonds is 10. The molecule has 5 nitrogen and oxygen atoms in total. The topological polar surface area (TPSA) is 49.9 Å². The van der Waals surface area contributed by atoms with Crippen LogP contribution in [0.4, 0.5) is 0 Å². The maximum absolute atomic E-state index is 12.8. The average molecular weight is 334 g/mol. The highest BCUT2D eigenvalue weighted by Gasteiger charge is 2.17. The first-order chi connectivity index (χ1) is 11.5. The molecule has 0 N–H and O–H groups in total. The van der Waals surface area contributed by atoms with Crippen LogP contribution in [0, 0.1) is 6.92 Å². The first-order valence-electron chi connectivity index (χ1n) is 8.66. The van der Waals surface area contributed by atoms with Gasteiger partial charge in [-0.25, -0.2) is 0 Å². The lowest BCUT2D eigenvalue weighted by atomic mass is 10.1. The maximum atomic E-state index is 12.8. The number of methoxy groups -OCH3 is 1. The molecule has 0 aliphatic carbocycles. The molecular weight excluding hydrogens is 304 g/mol. The van der Waals surface area contributed by atoms with Gasteiger partial charge in [-0.1, -0.05) is 31.5 Å². The van der Waals surface area contributed by atoms with Crippen LogP contribution in [0.2, 0.25) is 0 Å². The van der Waals surface area contributed by atoms with Crippen LogP contribution in [-0.4, -0.2) is 61.5 Å². The third kappa shape index (κ3) is 6.71. The molecule has 1 amide bonds. The summed E-state index contributed by atoms with van der Waals surface area (Å²) in [7, 11) is 1.37.